The monoisotopic (exact) mass is 221 g/mol. The molecule has 1 atom stereocenters. The molecule has 1 heterocycles. The number of nitrogens with zero attached hydrogens (tertiary/aromatic N) is 1. The van der Waals surface area contributed by atoms with Gasteiger partial charge in [-0.05, 0) is 0 Å². The zero-order valence-corrected chi connectivity index (χ0v) is 8.88. The first-order chi connectivity index (χ1) is 6.41. The van der Waals surface area contributed by atoms with Gasteiger partial charge in [0.25, 0.3) is 0 Å². The molecular formula is C7H15N3O3S. The summed E-state index contributed by atoms with van der Waals surface area (Å²) in [5.74, 6) is -0.903. The maximum absolute atomic E-state index is 11.3. The number of carbonyl (C=O) groups excluding carboxylic acids is 1. The molecule has 3 N–H and O–H groups in total. The van der Waals surface area contributed by atoms with Gasteiger partial charge < -0.3 is 11.1 Å². The van der Waals surface area contributed by atoms with Crippen LogP contribution >= 0.6 is 0 Å². The fourth-order valence-corrected chi connectivity index (χ4v) is 2.25. The van der Waals surface area contributed by atoms with E-state index in [1.807, 2.05) is 0 Å². The number of carbonyl (C=O) groups is 1. The van der Waals surface area contributed by atoms with Crippen LogP contribution in [0.4, 0.5) is 0 Å². The van der Waals surface area contributed by atoms with Gasteiger partial charge in [-0.2, -0.15) is 0 Å². The van der Waals surface area contributed by atoms with Crippen LogP contribution in [0.25, 0.3) is 0 Å². The van der Waals surface area contributed by atoms with Gasteiger partial charge in [-0.3, -0.25) is 4.79 Å². The standard InChI is InChI=1S/C7H15N3O3S/c1-14(12,13)10-3-2-9-4-6(5-10)7(8)11/h6,9H,2-5H2,1H3,(H2,8,11)/t6-/m1/s1. The van der Waals surface area contributed by atoms with E-state index in [0.717, 1.165) is 6.26 Å². The summed E-state index contributed by atoms with van der Waals surface area (Å²) in [6, 6.07) is 0. The predicted molar refractivity (Wildman–Crippen MR) is 52.0 cm³/mol. The predicted octanol–water partition coefficient (Wildman–Crippen LogP) is -2.05. The topological polar surface area (TPSA) is 92.5 Å². The molecule has 14 heavy (non-hydrogen) atoms. The van der Waals surface area contributed by atoms with Gasteiger partial charge in [-0.15, -0.1) is 0 Å². The van der Waals surface area contributed by atoms with Gasteiger partial charge in [0.05, 0.1) is 12.2 Å². The lowest BCUT2D eigenvalue weighted by molar-refractivity contribution is -0.121. The number of nitrogens with two attached hydrogens (primary N) is 1. The van der Waals surface area contributed by atoms with Crippen molar-refractivity contribution >= 4 is 15.9 Å². The van der Waals surface area contributed by atoms with Crippen molar-refractivity contribution in [3.05, 3.63) is 0 Å². The first kappa shape index (κ1) is 11.4. The van der Waals surface area contributed by atoms with Crippen molar-refractivity contribution in [3.8, 4) is 0 Å². The summed E-state index contributed by atoms with van der Waals surface area (Å²) in [5.41, 5.74) is 5.14. The maximum atomic E-state index is 11.3. The van der Waals surface area contributed by atoms with Crippen molar-refractivity contribution in [1.82, 2.24) is 9.62 Å². The Hall–Kier alpha value is -0.660. The summed E-state index contributed by atoms with van der Waals surface area (Å²) in [6.07, 6.45) is 1.14. The molecule has 0 aromatic rings. The van der Waals surface area contributed by atoms with Gasteiger partial charge in [0.2, 0.25) is 15.9 Å². The van der Waals surface area contributed by atoms with Crippen molar-refractivity contribution in [3.63, 3.8) is 0 Å². The van der Waals surface area contributed by atoms with Crippen LogP contribution in [0, 0.1) is 5.92 Å². The lowest BCUT2D eigenvalue weighted by atomic mass is 10.1. The van der Waals surface area contributed by atoms with Crippen LogP contribution in [-0.4, -0.2) is 51.1 Å². The molecule has 0 radical (unpaired) electrons. The molecule has 1 rings (SSSR count). The number of hydrogen-bond acceptors (Lipinski definition) is 4. The first-order valence-corrected chi connectivity index (χ1v) is 6.21. The van der Waals surface area contributed by atoms with Crippen LogP contribution < -0.4 is 11.1 Å². The van der Waals surface area contributed by atoms with Gasteiger partial charge in [-0.1, -0.05) is 0 Å². The lowest BCUT2D eigenvalue weighted by Gasteiger charge is -2.19. The largest absolute Gasteiger partial charge is 0.369 e. The van der Waals surface area contributed by atoms with Crippen LogP contribution in [0.15, 0.2) is 0 Å². The highest BCUT2D eigenvalue weighted by Crippen LogP contribution is 2.06. The Morgan fingerprint density at radius 3 is 2.71 bits per heavy atom. The number of sulfonamides is 1. The van der Waals surface area contributed by atoms with E-state index in [4.69, 9.17) is 5.73 Å². The highest BCUT2D eigenvalue weighted by molar-refractivity contribution is 7.88. The van der Waals surface area contributed by atoms with E-state index < -0.39 is 21.8 Å². The van der Waals surface area contributed by atoms with E-state index >= 15 is 0 Å². The van der Waals surface area contributed by atoms with Crippen LogP contribution in [0.1, 0.15) is 0 Å². The molecule has 82 valence electrons. The van der Waals surface area contributed by atoms with Gasteiger partial charge in [-0.25, -0.2) is 12.7 Å². The third-order valence-electron chi connectivity index (χ3n) is 2.22. The molecule has 1 fully saturated rings. The Morgan fingerprint density at radius 2 is 2.21 bits per heavy atom. The van der Waals surface area contributed by atoms with Gasteiger partial charge in [0.1, 0.15) is 0 Å². The van der Waals surface area contributed by atoms with E-state index in [0.29, 0.717) is 19.6 Å². The molecule has 1 aliphatic rings. The second kappa shape index (κ2) is 4.24. The highest BCUT2D eigenvalue weighted by Gasteiger charge is 2.26. The zero-order chi connectivity index (χ0) is 10.8. The van der Waals surface area contributed by atoms with Crippen LogP contribution in [-0.2, 0) is 14.8 Å². The van der Waals surface area contributed by atoms with E-state index in [2.05, 4.69) is 5.32 Å². The minimum atomic E-state index is -3.23. The smallest absolute Gasteiger partial charge is 0.223 e. The first-order valence-electron chi connectivity index (χ1n) is 4.36. The quantitative estimate of drug-likeness (QED) is 0.561. The Balaban J connectivity index is 2.75. The summed E-state index contributed by atoms with van der Waals surface area (Å²) in [4.78, 5) is 10.9. The number of amides is 1. The summed E-state index contributed by atoms with van der Waals surface area (Å²) in [7, 11) is -3.23. The number of hydrogen-bond donors (Lipinski definition) is 2. The molecule has 0 spiro atoms. The van der Waals surface area contributed by atoms with Crippen LogP contribution in [0.3, 0.4) is 0 Å². The molecule has 0 unspecified atom stereocenters. The molecule has 0 saturated carbocycles. The summed E-state index contributed by atoms with van der Waals surface area (Å²) >= 11 is 0. The second-order valence-corrected chi connectivity index (χ2v) is 5.41. The fourth-order valence-electron chi connectivity index (χ4n) is 1.37. The van der Waals surface area contributed by atoms with Crippen molar-refractivity contribution in [2.75, 3.05) is 32.4 Å². The van der Waals surface area contributed by atoms with Crippen LogP contribution in [0.2, 0.25) is 0 Å². The molecular weight excluding hydrogens is 206 g/mol. The molecule has 0 aliphatic carbocycles. The Bertz CT molecular complexity index is 314. The minimum Gasteiger partial charge on any atom is -0.369 e. The minimum absolute atomic E-state index is 0.182. The normalized spacial score (nSPS) is 25.6. The maximum Gasteiger partial charge on any atom is 0.223 e. The van der Waals surface area contributed by atoms with Gasteiger partial charge in [0, 0.05) is 26.2 Å². The third kappa shape index (κ3) is 2.93. The SMILES string of the molecule is CS(=O)(=O)N1CCNC[C@@H](C(N)=O)C1. The molecule has 0 aromatic carbocycles. The van der Waals surface area contributed by atoms with E-state index in [1.165, 1.54) is 4.31 Å². The van der Waals surface area contributed by atoms with Crippen molar-refractivity contribution < 1.29 is 13.2 Å². The third-order valence-corrected chi connectivity index (χ3v) is 3.49. The fraction of sp³-hybridized carbons (Fsp3) is 0.857. The molecule has 1 amide bonds. The van der Waals surface area contributed by atoms with E-state index in [9.17, 15) is 13.2 Å². The van der Waals surface area contributed by atoms with Crippen molar-refractivity contribution in [2.45, 2.75) is 0 Å². The van der Waals surface area contributed by atoms with E-state index in [1.54, 1.807) is 0 Å². The number of nitrogens with one attached hydrogen (secondary N) is 1. The average molecular weight is 221 g/mol. The summed E-state index contributed by atoms with van der Waals surface area (Å²) in [5, 5.41) is 2.97. The Labute approximate surface area is 83.5 Å². The van der Waals surface area contributed by atoms with E-state index in [-0.39, 0.29) is 6.54 Å². The molecule has 1 aliphatic heterocycles. The lowest BCUT2D eigenvalue weighted by Crippen LogP contribution is -2.39. The van der Waals surface area contributed by atoms with Gasteiger partial charge >= 0.3 is 0 Å². The van der Waals surface area contributed by atoms with Crippen molar-refractivity contribution in [2.24, 2.45) is 11.7 Å². The Kier molecular flexibility index (Phi) is 3.46. The second-order valence-electron chi connectivity index (χ2n) is 3.42. The molecule has 0 bridgehead atoms. The molecule has 0 aromatic heterocycles. The number of primary amides is 1. The number of rotatable bonds is 2. The molecule has 6 nitrogen and oxygen atoms in total. The van der Waals surface area contributed by atoms with Gasteiger partial charge in [0.15, 0.2) is 0 Å². The molecule has 7 heteroatoms. The summed E-state index contributed by atoms with van der Waals surface area (Å²) in [6.45, 7) is 1.57. The zero-order valence-electron chi connectivity index (χ0n) is 8.06. The average Bonchev–Trinajstić information content (AvgIpc) is 2.26. The highest BCUT2D eigenvalue weighted by atomic mass is 32.2. The van der Waals surface area contributed by atoms with Crippen LogP contribution in [0.5, 0.6) is 0 Å². The van der Waals surface area contributed by atoms with Crippen molar-refractivity contribution in [1.29, 1.82) is 0 Å². The Morgan fingerprint density at radius 1 is 1.57 bits per heavy atom. The summed E-state index contributed by atoms with van der Waals surface area (Å²) < 4.78 is 23.8. The molecule has 1 saturated heterocycles.